The SMILES string of the molecule is Cc1cc(N)cc(Oc2c(Cl)ccc(CNC(=O)c3nc(C)[nH]c3Br)c2F)c1. The molecular weight excluding hydrogens is 451 g/mol. The Kier molecular flexibility index (Phi) is 5.90. The van der Waals surface area contributed by atoms with Crippen LogP contribution in [0.25, 0.3) is 0 Å². The van der Waals surface area contributed by atoms with E-state index in [1.165, 1.54) is 12.1 Å². The zero-order chi connectivity index (χ0) is 20.4. The van der Waals surface area contributed by atoms with Gasteiger partial charge in [-0.25, -0.2) is 9.37 Å². The smallest absolute Gasteiger partial charge is 0.272 e. The molecule has 0 saturated carbocycles. The lowest BCUT2D eigenvalue weighted by atomic mass is 10.2. The zero-order valence-electron chi connectivity index (χ0n) is 15.1. The molecule has 2 aromatic carbocycles. The molecule has 0 spiro atoms. The molecule has 0 fully saturated rings. The summed E-state index contributed by atoms with van der Waals surface area (Å²) in [4.78, 5) is 19.2. The van der Waals surface area contributed by atoms with Crippen LogP contribution in [-0.2, 0) is 6.54 Å². The van der Waals surface area contributed by atoms with E-state index in [0.29, 0.717) is 21.9 Å². The average Bonchev–Trinajstić information content (AvgIpc) is 2.95. The van der Waals surface area contributed by atoms with E-state index in [-0.39, 0.29) is 28.6 Å². The molecule has 28 heavy (non-hydrogen) atoms. The molecule has 146 valence electrons. The second-order valence-corrected chi connectivity index (χ2v) is 7.40. The second-order valence-electron chi connectivity index (χ2n) is 6.20. The summed E-state index contributed by atoms with van der Waals surface area (Å²) in [5, 5.41) is 2.74. The number of nitrogens with one attached hydrogen (secondary N) is 2. The minimum Gasteiger partial charge on any atom is -0.453 e. The van der Waals surface area contributed by atoms with Crippen molar-refractivity contribution in [2.75, 3.05) is 5.73 Å². The third kappa shape index (κ3) is 4.45. The number of aromatic amines is 1. The number of hydrogen-bond donors (Lipinski definition) is 3. The number of anilines is 1. The van der Waals surface area contributed by atoms with Crippen LogP contribution in [0.5, 0.6) is 11.5 Å². The van der Waals surface area contributed by atoms with Gasteiger partial charge in [-0.15, -0.1) is 0 Å². The lowest BCUT2D eigenvalue weighted by molar-refractivity contribution is 0.0945. The summed E-state index contributed by atoms with van der Waals surface area (Å²) in [6.45, 7) is 3.51. The predicted molar refractivity (Wildman–Crippen MR) is 109 cm³/mol. The van der Waals surface area contributed by atoms with Crippen molar-refractivity contribution in [3.8, 4) is 11.5 Å². The van der Waals surface area contributed by atoms with Gasteiger partial charge in [-0.2, -0.15) is 0 Å². The highest BCUT2D eigenvalue weighted by molar-refractivity contribution is 9.10. The Morgan fingerprint density at radius 1 is 1.36 bits per heavy atom. The number of benzene rings is 2. The van der Waals surface area contributed by atoms with E-state index in [1.807, 2.05) is 6.92 Å². The van der Waals surface area contributed by atoms with Gasteiger partial charge in [-0.3, -0.25) is 4.79 Å². The number of aromatic nitrogens is 2. The number of carbonyl (C=O) groups is 1. The van der Waals surface area contributed by atoms with Gasteiger partial charge in [-0.1, -0.05) is 17.7 Å². The van der Waals surface area contributed by atoms with Crippen molar-refractivity contribution in [2.45, 2.75) is 20.4 Å². The van der Waals surface area contributed by atoms with Crippen molar-refractivity contribution in [3.05, 3.63) is 68.4 Å². The number of aryl methyl sites for hydroxylation is 2. The normalized spacial score (nSPS) is 10.8. The number of imidazole rings is 1. The van der Waals surface area contributed by atoms with Crippen LogP contribution in [-0.4, -0.2) is 15.9 Å². The molecule has 0 aliphatic heterocycles. The van der Waals surface area contributed by atoms with Crippen LogP contribution in [0, 0.1) is 19.7 Å². The number of nitrogen functional groups attached to an aromatic ring is 1. The van der Waals surface area contributed by atoms with E-state index in [9.17, 15) is 9.18 Å². The topological polar surface area (TPSA) is 93.0 Å². The highest BCUT2D eigenvalue weighted by Crippen LogP contribution is 2.35. The first-order chi connectivity index (χ1) is 13.2. The maximum atomic E-state index is 14.9. The fraction of sp³-hybridized carbons (Fsp3) is 0.158. The van der Waals surface area contributed by atoms with E-state index in [0.717, 1.165) is 5.56 Å². The Balaban J connectivity index is 1.80. The maximum Gasteiger partial charge on any atom is 0.272 e. The molecule has 4 N–H and O–H groups in total. The molecule has 0 unspecified atom stereocenters. The van der Waals surface area contributed by atoms with Crippen LogP contribution in [0.15, 0.2) is 34.9 Å². The van der Waals surface area contributed by atoms with Gasteiger partial charge in [0.1, 0.15) is 16.2 Å². The van der Waals surface area contributed by atoms with Crippen molar-refractivity contribution in [2.24, 2.45) is 0 Å². The number of rotatable bonds is 5. The maximum absolute atomic E-state index is 14.9. The zero-order valence-corrected chi connectivity index (χ0v) is 17.4. The molecule has 0 aliphatic carbocycles. The Bertz CT molecular complexity index is 1030. The number of H-pyrrole nitrogens is 1. The molecule has 9 heteroatoms. The molecule has 6 nitrogen and oxygen atoms in total. The lowest BCUT2D eigenvalue weighted by Gasteiger charge is -2.13. The van der Waals surface area contributed by atoms with Crippen LogP contribution in [0.4, 0.5) is 10.1 Å². The quantitative estimate of drug-likeness (QED) is 0.466. The first kappa shape index (κ1) is 20.2. The van der Waals surface area contributed by atoms with Gasteiger partial charge >= 0.3 is 0 Å². The highest BCUT2D eigenvalue weighted by Gasteiger charge is 2.18. The van der Waals surface area contributed by atoms with Crippen LogP contribution in [0.3, 0.4) is 0 Å². The van der Waals surface area contributed by atoms with E-state index >= 15 is 0 Å². The predicted octanol–water partition coefficient (Wildman–Crippen LogP) is 4.89. The summed E-state index contributed by atoms with van der Waals surface area (Å²) >= 11 is 9.34. The lowest BCUT2D eigenvalue weighted by Crippen LogP contribution is -2.24. The summed E-state index contributed by atoms with van der Waals surface area (Å²) in [7, 11) is 0. The van der Waals surface area contributed by atoms with Gasteiger partial charge in [0.2, 0.25) is 0 Å². The highest BCUT2D eigenvalue weighted by atomic mass is 79.9. The molecular formula is C19H17BrClFN4O2. The van der Waals surface area contributed by atoms with Gasteiger partial charge in [0.05, 0.1) is 5.02 Å². The van der Waals surface area contributed by atoms with Gasteiger partial charge in [0, 0.05) is 23.9 Å². The first-order valence-corrected chi connectivity index (χ1v) is 9.44. The summed E-state index contributed by atoms with van der Waals surface area (Å²) in [5.41, 5.74) is 7.58. The molecule has 1 heterocycles. The molecule has 0 saturated heterocycles. The van der Waals surface area contributed by atoms with Gasteiger partial charge in [0.25, 0.3) is 5.91 Å². The summed E-state index contributed by atoms with van der Waals surface area (Å²) in [6, 6.07) is 8.06. The summed E-state index contributed by atoms with van der Waals surface area (Å²) in [5.74, 6) is -0.280. The number of nitrogens with two attached hydrogens (primary N) is 1. The molecule has 0 aliphatic rings. The molecule has 0 radical (unpaired) electrons. The monoisotopic (exact) mass is 466 g/mol. The van der Waals surface area contributed by atoms with E-state index in [1.54, 1.807) is 25.1 Å². The number of amides is 1. The fourth-order valence-corrected chi connectivity index (χ4v) is 3.37. The van der Waals surface area contributed by atoms with Crippen molar-refractivity contribution in [3.63, 3.8) is 0 Å². The van der Waals surface area contributed by atoms with Crippen LogP contribution in [0.2, 0.25) is 5.02 Å². The largest absolute Gasteiger partial charge is 0.453 e. The van der Waals surface area contributed by atoms with Crippen LogP contribution in [0.1, 0.15) is 27.4 Å². The summed E-state index contributed by atoms with van der Waals surface area (Å²) in [6.07, 6.45) is 0. The second kappa shape index (κ2) is 8.20. The Hall–Kier alpha value is -2.58. The number of carbonyl (C=O) groups excluding carboxylic acids is 1. The minimum absolute atomic E-state index is 0.0630. The molecule has 1 amide bonds. The van der Waals surface area contributed by atoms with Crippen molar-refractivity contribution in [1.82, 2.24) is 15.3 Å². The number of nitrogens with zero attached hydrogens (tertiary/aromatic N) is 1. The third-order valence-electron chi connectivity index (χ3n) is 3.85. The fourth-order valence-electron chi connectivity index (χ4n) is 2.63. The minimum atomic E-state index is -0.662. The van der Waals surface area contributed by atoms with Crippen molar-refractivity contribution < 1.29 is 13.9 Å². The Morgan fingerprint density at radius 2 is 2.11 bits per heavy atom. The molecule has 3 aromatic rings. The Labute approximate surface area is 174 Å². The number of halogens is 3. The van der Waals surface area contributed by atoms with E-state index in [4.69, 9.17) is 22.1 Å². The molecule has 0 bridgehead atoms. The van der Waals surface area contributed by atoms with Gasteiger partial charge in [-0.05, 0) is 53.5 Å². The van der Waals surface area contributed by atoms with Crippen molar-refractivity contribution in [1.29, 1.82) is 0 Å². The van der Waals surface area contributed by atoms with Gasteiger partial charge in [0.15, 0.2) is 17.3 Å². The third-order valence-corrected chi connectivity index (χ3v) is 4.73. The standard InChI is InChI=1S/C19H17BrClFN4O2/c1-9-5-12(23)7-13(6-9)28-17-14(21)4-3-11(15(17)22)8-24-19(27)16-18(20)26-10(2)25-16/h3-7H,8,23H2,1-2H3,(H,24,27)(H,25,26). The Morgan fingerprint density at radius 3 is 2.75 bits per heavy atom. The number of hydrogen-bond acceptors (Lipinski definition) is 4. The molecule has 3 rings (SSSR count). The summed E-state index contributed by atoms with van der Waals surface area (Å²) < 4.78 is 21.0. The van der Waals surface area contributed by atoms with Gasteiger partial charge < -0.3 is 20.8 Å². The van der Waals surface area contributed by atoms with Crippen LogP contribution < -0.4 is 15.8 Å². The van der Waals surface area contributed by atoms with Crippen molar-refractivity contribution >= 4 is 39.1 Å². The molecule has 1 aromatic heterocycles. The number of ether oxygens (including phenoxy) is 1. The first-order valence-electron chi connectivity index (χ1n) is 8.27. The van der Waals surface area contributed by atoms with Crippen LogP contribution >= 0.6 is 27.5 Å². The average molecular weight is 468 g/mol. The van der Waals surface area contributed by atoms with E-state index < -0.39 is 11.7 Å². The van der Waals surface area contributed by atoms with E-state index in [2.05, 4.69) is 31.2 Å². The molecule has 0 atom stereocenters.